The van der Waals surface area contributed by atoms with E-state index in [2.05, 4.69) is 9.97 Å². The van der Waals surface area contributed by atoms with E-state index in [0.29, 0.717) is 22.0 Å². The number of rotatable bonds is 3. The van der Waals surface area contributed by atoms with Gasteiger partial charge in [0.2, 0.25) is 0 Å². The first-order valence-electron chi connectivity index (χ1n) is 5.39. The summed E-state index contributed by atoms with van der Waals surface area (Å²) in [6.45, 7) is 0. The smallest absolute Gasteiger partial charge is 0.251 e. The number of hydrogen-bond donors (Lipinski definition) is 3. The first kappa shape index (κ1) is 13.1. The number of H-pyrrole nitrogens is 1. The number of hydrazine groups is 1. The van der Waals surface area contributed by atoms with E-state index >= 15 is 0 Å². The lowest BCUT2D eigenvalue weighted by atomic mass is 10.1. The maximum absolute atomic E-state index is 11.3. The van der Waals surface area contributed by atoms with Crippen LogP contribution in [0.1, 0.15) is 0 Å². The molecule has 0 unspecified atom stereocenters. The summed E-state index contributed by atoms with van der Waals surface area (Å²) >= 11 is 5.97. The summed E-state index contributed by atoms with van der Waals surface area (Å²) in [6.07, 6.45) is 4.12. The lowest BCUT2D eigenvalue weighted by Gasteiger charge is -2.17. The van der Waals surface area contributed by atoms with E-state index in [0.717, 1.165) is 0 Å². The van der Waals surface area contributed by atoms with E-state index in [1.165, 1.54) is 29.8 Å². The molecule has 0 radical (unpaired) electrons. The maximum atomic E-state index is 11.3. The second kappa shape index (κ2) is 5.55. The average molecular weight is 278 g/mol. The molecular formula is C12H12ClN5O. The molecule has 7 heteroatoms. The van der Waals surface area contributed by atoms with Gasteiger partial charge in [-0.05, 0) is 18.2 Å². The molecule has 19 heavy (non-hydrogen) atoms. The van der Waals surface area contributed by atoms with Crippen molar-refractivity contribution in [2.75, 3.05) is 5.01 Å². The highest BCUT2D eigenvalue weighted by atomic mass is 35.5. The maximum Gasteiger partial charge on any atom is 0.251 e. The van der Waals surface area contributed by atoms with E-state index in [9.17, 15) is 4.79 Å². The fraction of sp³-hybridized carbons (Fsp3) is 0. The van der Waals surface area contributed by atoms with Crippen molar-refractivity contribution in [3.05, 3.63) is 58.4 Å². The van der Waals surface area contributed by atoms with Gasteiger partial charge in [0.05, 0.1) is 17.7 Å². The largest absolute Gasteiger partial charge is 0.403 e. The van der Waals surface area contributed by atoms with Gasteiger partial charge in [0.15, 0.2) is 0 Å². The molecule has 2 aromatic rings. The van der Waals surface area contributed by atoms with E-state index in [1.807, 2.05) is 0 Å². The van der Waals surface area contributed by atoms with Gasteiger partial charge in [-0.2, -0.15) is 0 Å². The molecule has 0 spiro atoms. The minimum absolute atomic E-state index is 0.256. The monoisotopic (exact) mass is 277 g/mol. The molecule has 0 bridgehead atoms. The van der Waals surface area contributed by atoms with E-state index < -0.39 is 0 Å². The quantitative estimate of drug-likeness (QED) is 0.578. The molecule has 0 aliphatic carbocycles. The van der Waals surface area contributed by atoms with Gasteiger partial charge in [-0.15, -0.1) is 0 Å². The van der Waals surface area contributed by atoms with Crippen molar-refractivity contribution in [2.24, 2.45) is 11.6 Å². The van der Waals surface area contributed by atoms with Gasteiger partial charge in [-0.3, -0.25) is 9.80 Å². The third-order valence-corrected chi connectivity index (χ3v) is 2.67. The summed E-state index contributed by atoms with van der Waals surface area (Å²) in [4.78, 5) is 17.9. The average Bonchev–Trinajstić information content (AvgIpc) is 2.39. The Balaban J connectivity index is 2.61. The Morgan fingerprint density at radius 1 is 1.37 bits per heavy atom. The van der Waals surface area contributed by atoms with Crippen LogP contribution in [-0.2, 0) is 0 Å². The lowest BCUT2D eigenvalue weighted by molar-refractivity contribution is 1.07. The van der Waals surface area contributed by atoms with Crippen molar-refractivity contribution in [3.8, 4) is 11.3 Å². The molecular weight excluding hydrogens is 266 g/mol. The van der Waals surface area contributed by atoms with Crippen LogP contribution < -0.4 is 22.1 Å². The molecule has 0 saturated carbocycles. The van der Waals surface area contributed by atoms with Gasteiger partial charge in [0.1, 0.15) is 0 Å². The number of hydrogen-bond acceptors (Lipinski definition) is 5. The second-order valence-electron chi connectivity index (χ2n) is 3.71. The number of anilines is 1. The molecule has 1 aromatic heterocycles. The van der Waals surface area contributed by atoms with Crippen LogP contribution in [0.2, 0.25) is 5.02 Å². The van der Waals surface area contributed by atoms with Gasteiger partial charge < -0.3 is 10.7 Å². The van der Waals surface area contributed by atoms with Crippen molar-refractivity contribution in [1.29, 1.82) is 0 Å². The fourth-order valence-corrected chi connectivity index (χ4v) is 1.80. The highest BCUT2D eigenvalue weighted by Gasteiger charge is 2.10. The summed E-state index contributed by atoms with van der Waals surface area (Å²) in [6, 6.07) is 6.47. The number of halogens is 1. The Morgan fingerprint density at radius 2 is 2.16 bits per heavy atom. The normalized spacial score (nSPS) is 10.8. The van der Waals surface area contributed by atoms with E-state index in [-0.39, 0.29) is 5.56 Å². The van der Waals surface area contributed by atoms with Crippen LogP contribution in [0.15, 0.2) is 47.8 Å². The van der Waals surface area contributed by atoms with Crippen LogP contribution in [0.4, 0.5) is 5.69 Å². The predicted octanol–water partition coefficient (Wildman–Crippen LogP) is 1.20. The van der Waals surface area contributed by atoms with E-state index in [1.54, 1.807) is 18.2 Å². The lowest BCUT2D eigenvalue weighted by Crippen LogP contribution is -2.25. The zero-order chi connectivity index (χ0) is 13.8. The van der Waals surface area contributed by atoms with E-state index in [4.69, 9.17) is 23.2 Å². The molecule has 5 N–H and O–H groups in total. The molecule has 6 nitrogen and oxygen atoms in total. The van der Waals surface area contributed by atoms with Gasteiger partial charge >= 0.3 is 0 Å². The molecule has 1 heterocycles. The molecule has 0 fully saturated rings. The number of aromatic nitrogens is 2. The molecule has 0 saturated heterocycles. The molecule has 98 valence electrons. The highest BCUT2D eigenvalue weighted by molar-refractivity contribution is 6.31. The summed E-state index contributed by atoms with van der Waals surface area (Å²) in [7, 11) is 0. The predicted molar refractivity (Wildman–Crippen MR) is 75.3 cm³/mol. The van der Waals surface area contributed by atoms with Crippen molar-refractivity contribution in [1.82, 2.24) is 9.97 Å². The summed E-state index contributed by atoms with van der Waals surface area (Å²) in [5.74, 6) is 5.84. The second-order valence-corrected chi connectivity index (χ2v) is 4.14. The standard InChI is InChI=1S/C12H12ClN5O/c13-8-1-2-11(18(15)4-3-14)9(5-8)10-6-12(19)17-7-16-10/h1-7H,14-15H2,(H,16,17,19)/b4-3-. The zero-order valence-corrected chi connectivity index (χ0v) is 10.6. The number of benzene rings is 1. The molecule has 0 aliphatic heterocycles. The van der Waals surface area contributed by atoms with Crippen molar-refractivity contribution in [2.45, 2.75) is 0 Å². The van der Waals surface area contributed by atoms with Gasteiger partial charge in [0.25, 0.3) is 5.56 Å². The molecule has 0 atom stereocenters. The molecule has 0 amide bonds. The summed E-state index contributed by atoms with van der Waals surface area (Å²) in [5, 5.41) is 1.85. The highest BCUT2D eigenvalue weighted by Crippen LogP contribution is 2.30. The number of aromatic amines is 1. The number of nitrogens with zero attached hydrogens (tertiary/aromatic N) is 2. The van der Waals surface area contributed by atoms with Crippen LogP contribution in [0.3, 0.4) is 0 Å². The van der Waals surface area contributed by atoms with Gasteiger partial charge in [0, 0.05) is 29.1 Å². The third-order valence-electron chi connectivity index (χ3n) is 2.44. The molecule has 2 rings (SSSR count). The van der Waals surface area contributed by atoms with Crippen molar-refractivity contribution in [3.63, 3.8) is 0 Å². The van der Waals surface area contributed by atoms with Crippen LogP contribution in [0.25, 0.3) is 11.3 Å². The Kier molecular flexibility index (Phi) is 3.84. The Morgan fingerprint density at radius 3 is 2.84 bits per heavy atom. The van der Waals surface area contributed by atoms with Crippen molar-refractivity contribution >= 4 is 17.3 Å². The summed E-state index contributed by atoms with van der Waals surface area (Å²) < 4.78 is 0. The Bertz CT molecular complexity index is 667. The first-order chi connectivity index (χ1) is 9.11. The molecule has 1 aromatic carbocycles. The van der Waals surface area contributed by atoms with Gasteiger partial charge in [-0.25, -0.2) is 10.8 Å². The SMILES string of the molecule is N/C=C\N(N)c1ccc(Cl)cc1-c1cc(=O)[nH]cn1. The minimum atomic E-state index is -0.256. The number of nitrogens with one attached hydrogen (secondary N) is 1. The van der Waals surface area contributed by atoms with Crippen LogP contribution in [0, 0.1) is 0 Å². The van der Waals surface area contributed by atoms with Crippen LogP contribution in [-0.4, -0.2) is 9.97 Å². The molecule has 0 aliphatic rings. The first-order valence-corrected chi connectivity index (χ1v) is 5.76. The minimum Gasteiger partial charge on any atom is -0.403 e. The summed E-state index contributed by atoms with van der Waals surface area (Å²) in [5.41, 5.74) is 6.80. The zero-order valence-electron chi connectivity index (χ0n) is 9.88. The van der Waals surface area contributed by atoms with Crippen LogP contribution in [0.5, 0.6) is 0 Å². The van der Waals surface area contributed by atoms with Crippen molar-refractivity contribution < 1.29 is 0 Å². The Labute approximate surface area is 114 Å². The fourth-order valence-electron chi connectivity index (χ4n) is 1.63. The topological polar surface area (TPSA) is 101 Å². The van der Waals surface area contributed by atoms with Gasteiger partial charge in [-0.1, -0.05) is 11.6 Å². The number of nitrogens with two attached hydrogens (primary N) is 2. The third kappa shape index (κ3) is 2.93. The van der Waals surface area contributed by atoms with Crippen LogP contribution >= 0.6 is 11.6 Å². The Hall–Kier alpha value is -2.31.